The van der Waals surface area contributed by atoms with E-state index in [0.717, 1.165) is 12.0 Å². The molecule has 2 aliphatic carbocycles. The monoisotopic (exact) mass is 400 g/mol. The molecule has 2 fully saturated rings. The van der Waals surface area contributed by atoms with Crippen molar-refractivity contribution in [2.24, 2.45) is 11.8 Å². The Kier molecular flexibility index (Phi) is 6.96. The summed E-state index contributed by atoms with van der Waals surface area (Å²) >= 11 is 0. The minimum absolute atomic E-state index is 0.0297. The topological polar surface area (TPSA) is 96.2 Å². The van der Waals surface area contributed by atoms with E-state index in [9.17, 15) is 15.0 Å². The van der Waals surface area contributed by atoms with Crippen LogP contribution in [0.15, 0.2) is 42.0 Å². The van der Waals surface area contributed by atoms with Gasteiger partial charge < -0.3 is 24.8 Å². The highest BCUT2D eigenvalue weighted by Gasteiger charge is 2.58. The third kappa shape index (κ3) is 4.81. The second-order valence-electron chi connectivity index (χ2n) is 7.63. The van der Waals surface area contributed by atoms with E-state index >= 15 is 0 Å². The first kappa shape index (κ1) is 21.4. The van der Waals surface area contributed by atoms with Gasteiger partial charge in [0, 0.05) is 19.4 Å². The number of aliphatic hydroxyl groups is 2. The Bertz CT molecular complexity index is 793. The number of carboxylic acids is 1. The van der Waals surface area contributed by atoms with Crippen molar-refractivity contribution in [2.45, 2.75) is 49.9 Å². The number of para-hydroxylation sites is 1. The maximum absolute atomic E-state index is 10.8. The molecule has 0 radical (unpaired) electrons. The van der Waals surface area contributed by atoms with Gasteiger partial charge in [-0.3, -0.25) is 4.79 Å². The lowest BCUT2D eigenvalue weighted by molar-refractivity contribution is -0.139. The number of ether oxygens (including phenoxy) is 2. The van der Waals surface area contributed by atoms with Crippen LogP contribution >= 0.6 is 0 Å². The summed E-state index contributed by atoms with van der Waals surface area (Å²) in [6, 6.07) is 9.22. The average molecular weight is 400 g/mol. The van der Waals surface area contributed by atoms with Gasteiger partial charge in [0.2, 0.25) is 0 Å². The number of methoxy groups -OCH3 is 1. The minimum atomic E-state index is -0.952. The average Bonchev–Trinajstić information content (AvgIpc) is 2.70. The summed E-state index contributed by atoms with van der Waals surface area (Å²) in [5.41, 5.74) is 0.612. The molecule has 3 N–H and O–H groups in total. The molecule has 0 amide bonds. The van der Waals surface area contributed by atoms with E-state index in [4.69, 9.17) is 14.6 Å². The largest absolute Gasteiger partial charge is 0.490 e. The van der Waals surface area contributed by atoms with Gasteiger partial charge in [-0.15, -0.1) is 0 Å². The van der Waals surface area contributed by atoms with Gasteiger partial charge in [-0.25, -0.2) is 0 Å². The quantitative estimate of drug-likeness (QED) is 0.480. The van der Waals surface area contributed by atoms with Crippen molar-refractivity contribution in [3.05, 3.63) is 42.0 Å². The number of aliphatic carboxylic acids is 1. The first-order valence-corrected chi connectivity index (χ1v) is 9.98. The summed E-state index contributed by atoms with van der Waals surface area (Å²) < 4.78 is 11.4. The lowest BCUT2D eigenvalue weighted by atomic mass is 9.53. The number of hydrogen-bond acceptors (Lipinski definition) is 5. The third-order valence-corrected chi connectivity index (χ3v) is 5.92. The van der Waals surface area contributed by atoms with Crippen molar-refractivity contribution in [2.75, 3.05) is 13.7 Å². The van der Waals surface area contributed by atoms with Crippen LogP contribution < -0.4 is 4.74 Å². The van der Waals surface area contributed by atoms with Crippen LogP contribution in [0, 0.1) is 23.7 Å². The van der Waals surface area contributed by atoms with Gasteiger partial charge in [0.05, 0.1) is 17.6 Å². The molecule has 0 aromatic heterocycles. The van der Waals surface area contributed by atoms with E-state index in [1.807, 2.05) is 36.4 Å². The number of rotatable bonds is 7. The molecule has 5 atom stereocenters. The van der Waals surface area contributed by atoms with E-state index < -0.39 is 23.8 Å². The van der Waals surface area contributed by atoms with Crippen LogP contribution in [0.4, 0.5) is 0 Å². The van der Waals surface area contributed by atoms with Crippen LogP contribution in [0.25, 0.3) is 0 Å². The van der Waals surface area contributed by atoms with Crippen molar-refractivity contribution in [3.63, 3.8) is 0 Å². The van der Waals surface area contributed by atoms with Crippen molar-refractivity contribution in [1.29, 1.82) is 0 Å². The van der Waals surface area contributed by atoms with E-state index in [2.05, 4.69) is 11.8 Å². The highest BCUT2D eigenvalue weighted by Crippen LogP contribution is 2.56. The van der Waals surface area contributed by atoms with E-state index in [-0.39, 0.29) is 24.9 Å². The highest BCUT2D eigenvalue weighted by atomic mass is 16.5. The van der Waals surface area contributed by atoms with Gasteiger partial charge in [-0.05, 0) is 43.4 Å². The molecule has 0 heterocycles. The van der Waals surface area contributed by atoms with Gasteiger partial charge in [0.1, 0.15) is 18.5 Å². The zero-order chi connectivity index (χ0) is 20.9. The lowest BCUT2D eigenvalue weighted by Gasteiger charge is -2.57. The fourth-order valence-electron chi connectivity index (χ4n) is 4.39. The van der Waals surface area contributed by atoms with Crippen molar-refractivity contribution in [3.8, 4) is 17.6 Å². The predicted octanol–water partition coefficient (Wildman–Crippen LogP) is 2.40. The molecule has 156 valence electrons. The molecule has 2 aliphatic rings. The molecular weight excluding hydrogens is 372 g/mol. The molecule has 0 saturated heterocycles. The number of hydrogen-bond donors (Lipinski definition) is 3. The summed E-state index contributed by atoms with van der Waals surface area (Å²) in [6.45, 7) is 0.0558. The Hall–Kier alpha value is -2.33. The minimum Gasteiger partial charge on any atom is -0.490 e. The van der Waals surface area contributed by atoms with Gasteiger partial charge >= 0.3 is 5.97 Å². The van der Waals surface area contributed by atoms with Gasteiger partial charge in [0.25, 0.3) is 0 Å². The van der Waals surface area contributed by atoms with Gasteiger partial charge in [0.15, 0.2) is 0 Å². The van der Waals surface area contributed by atoms with Crippen LogP contribution in [0.3, 0.4) is 0 Å². The molecule has 0 spiro atoms. The second kappa shape index (κ2) is 9.45. The maximum atomic E-state index is 10.8. The first-order valence-electron chi connectivity index (χ1n) is 9.98. The van der Waals surface area contributed by atoms with Crippen LogP contribution in [0.5, 0.6) is 5.75 Å². The molecule has 6 heteroatoms. The SMILES string of the molecule is COC12CCC(O)C(C#CC(O)COc3ccccc3)C1CC2=CCCC(=O)O. The van der Waals surface area contributed by atoms with Crippen LogP contribution in [0.2, 0.25) is 0 Å². The molecule has 1 aromatic rings. The maximum Gasteiger partial charge on any atom is 0.303 e. The molecule has 0 bridgehead atoms. The van der Waals surface area contributed by atoms with Gasteiger partial charge in [-0.2, -0.15) is 0 Å². The van der Waals surface area contributed by atoms with Crippen LogP contribution in [-0.2, 0) is 9.53 Å². The Labute approximate surface area is 171 Å². The van der Waals surface area contributed by atoms with E-state index in [1.165, 1.54) is 0 Å². The van der Waals surface area contributed by atoms with Crippen molar-refractivity contribution < 1.29 is 29.6 Å². The Morgan fingerprint density at radius 3 is 2.83 bits per heavy atom. The number of carbonyl (C=O) groups is 1. The summed E-state index contributed by atoms with van der Waals surface area (Å²) in [7, 11) is 1.65. The predicted molar refractivity (Wildman–Crippen MR) is 107 cm³/mol. The normalized spacial score (nSPS) is 30.4. The van der Waals surface area contributed by atoms with E-state index in [0.29, 0.717) is 25.0 Å². The summed E-state index contributed by atoms with van der Waals surface area (Å²) in [6.07, 6.45) is 2.96. The van der Waals surface area contributed by atoms with Crippen molar-refractivity contribution >= 4 is 5.97 Å². The highest BCUT2D eigenvalue weighted by molar-refractivity contribution is 5.66. The first-order chi connectivity index (χ1) is 14.0. The smallest absolute Gasteiger partial charge is 0.303 e. The standard InChI is InChI=1S/C23H28O6/c1-28-23-13-12-21(25)19(20(23)14-16(23)6-5-9-22(26)27)11-10-17(24)15-29-18-7-3-2-4-8-18/h2-4,6-8,17,19-21,24-25H,5,9,12-15H2,1H3,(H,26,27). The van der Waals surface area contributed by atoms with E-state index in [1.54, 1.807) is 7.11 Å². The molecule has 5 unspecified atom stereocenters. The Balaban J connectivity index is 1.64. The van der Waals surface area contributed by atoms with Crippen LogP contribution in [0.1, 0.15) is 32.1 Å². The molecule has 6 nitrogen and oxygen atoms in total. The summed E-state index contributed by atoms with van der Waals surface area (Å²) in [4.78, 5) is 10.8. The molecule has 3 rings (SSSR count). The molecular formula is C23H28O6. The molecule has 1 aromatic carbocycles. The zero-order valence-corrected chi connectivity index (χ0v) is 16.6. The van der Waals surface area contributed by atoms with Crippen LogP contribution in [-0.4, -0.2) is 52.8 Å². The molecule has 0 aliphatic heterocycles. The fourth-order valence-corrected chi connectivity index (χ4v) is 4.39. The molecule has 29 heavy (non-hydrogen) atoms. The number of fused-ring (bicyclic) bond motifs is 1. The Morgan fingerprint density at radius 2 is 2.14 bits per heavy atom. The summed E-state index contributed by atoms with van der Waals surface area (Å²) in [5, 5.41) is 29.5. The second-order valence-corrected chi connectivity index (χ2v) is 7.63. The van der Waals surface area contributed by atoms with Crippen molar-refractivity contribution in [1.82, 2.24) is 0 Å². The number of carboxylic acid groups (broad SMARTS) is 1. The third-order valence-electron chi connectivity index (χ3n) is 5.92. The zero-order valence-electron chi connectivity index (χ0n) is 16.6. The number of benzene rings is 1. The van der Waals surface area contributed by atoms with Gasteiger partial charge in [-0.1, -0.05) is 36.1 Å². The molecule has 2 saturated carbocycles. The lowest BCUT2D eigenvalue weighted by Crippen LogP contribution is -2.59. The Morgan fingerprint density at radius 1 is 1.38 bits per heavy atom. The summed E-state index contributed by atoms with van der Waals surface area (Å²) in [5.74, 6) is 5.46. The number of aliphatic hydroxyl groups excluding tert-OH is 2. The fraction of sp³-hybridized carbons (Fsp3) is 0.522. The number of allylic oxidation sites excluding steroid dienone is 1.